The number of hydrogen-bond acceptors (Lipinski definition) is 7. The zero-order chi connectivity index (χ0) is 35.3. The average molecular weight is 687 g/mol. The highest BCUT2D eigenvalue weighted by molar-refractivity contribution is 5.87. The fraction of sp³-hybridized carbons (Fsp3) is 0.308. The number of amides is 3. The molecule has 3 unspecified atom stereocenters. The van der Waals surface area contributed by atoms with Gasteiger partial charge in [0.1, 0.15) is 17.7 Å². The predicted molar refractivity (Wildman–Crippen MR) is 193 cm³/mol. The third-order valence-corrected chi connectivity index (χ3v) is 9.81. The maximum atomic E-state index is 13.8. The normalized spacial score (nSPS) is 17.8. The SMILES string of the molecule is CNCC(=O)N1CCCC1c1ncc(-c2ccc(-c3ccc(-c4cnc(C5CCCN5C(=O)C(NC(=O)OC)c5ccccc5)[nH]4)cc3)cc2)[nH]1. The molecule has 2 fully saturated rings. The van der Waals surface area contributed by atoms with Crippen molar-refractivity contribution in [1.82, 2.24) is 40.4 Å². The number of imidazole rings is 2. The number of aromatic amines is 2. The molecule has 0 radical (unpaired) electrons. The maximum Gasteiger partial charge on any atom is 0.407 e. The van der Waals surface area contributed by atoms with E-state index in [9.17, 15) is 14.4 Å². The number of likely N-dealkylation sites (tertiary alicyclic amines) is 2. The molecule has 2 saturated heterocycles. The minimum atomic E-state index is -0.865. The molecule has 51 heavy (non-hydrogen) atoms. The van der Waals surface area contributed by atoms with E-state index in [1.165, 1.54) is 7.11 Å². The van der Waals surface area contributed by atoms with Gasteiger partial charge < -0.3 is 35.1 Å². The number of alkyl carbamates (subject to hydrolysis) is 1. The number of H-pyrrole nitrogens is 2. The molecule has 12 heteroatoms. The summed E-state index contributed by atoms with van der Waals surface area (Å²) in [5.74, 6) is 1.44. The highest BCUT2D eigenvalue weighted by Crippen LogP contribution is 2.35. The molecule has 0 aliphatic carbocycles. The molecule has 0 spiro atoms. The van der Waals surface area contributed by atoms with E-state index >= 15 is 0 Å². The molecule has 4 N–H and O–H groups in total. The summed E-state index contributed by atoms with van der Waals surface area (Å²) in [4.78, 5) is 58.5. The molecule has 0 bridgehead atoms. The Hall–Kier alpha value is -5.75. The number of nitrogens with zero attached hydrogens (tertiary/aromatic N) is 4. The highest BCUT2D eigenvalue weighted by Gasteiger charge is 2.37. The van der Waals surface area contributed by atoms with Gasteiger partial charge in [-0.1, -0.05) is 78.9 Å². The van der Waals surface area contributed by atoms with Crippen molar-refractivity contribution >= 4 is 17.9 Å². The summed E-state index contributed by atoms with van der Waals surface area (Å²) < 4.78 is 4.82. The number of nitrogens with one attached hydrogen (secondary N) is 4. The monoisotopic (exact) mass is 686 g/mol. The largest absolute Gasteiger partial charge is 0.453 e. The molecule has 2 aromatic heterocycles. The lowest BCUT2D eigenvalue weighted by Gasteiger charge is -2.28. The number of hydrogen-bond donors (Lipinski definition) is 4. The van der Waals surface area contributed by atoms with Gasteiger partial charge in [-0.15, -0.1) is 0 Å². The topological polar surface area (TPSA) is 148 Å². The van der Waals surface area contributed by atoms with E-state index in [4.69, 9.17) is 9.72 Å². The van der Waals surface area contributed by atoms with Crippen molar-refractivity contribution < 1.29 is 19.1 Å². The lowest BCUT2D eigenvalue weighted by molar-refractivity contribution is -0.134. The fourth-order valence-electron chi connectivity index (χ4n) is 7.18. The molecule has 262 valence electrons. The van der Waals surface area contributed by atoms with Crippen molar-refractivity contribution in [1.29, 1.82) is 0 Å². The molecular formula is C39H42N8O4. The summed E-state index contributed by atoms with van der Waals surface area (Å²) in [6, 6.07) is 24.7. The standard InChI is InChI=1S/C39H42N8O4/c1-40-24-34(48)46-20-6-10-32(46)36-41-22-30(43-36)27-16-12-25(13-17-27)26-14-18-28(19-15-26)31-23-42-37(44-31)33-11-7-21-47(33)38(49)35(45-39(50)51-2)29-8-4-3-5-9-29/h3-5,8-9,12-19,22-23,32-33,35,40H,6-7,10-11,20-21,24H2,1-2H3,(H,41,43)(H,42,44)(H,45,50). The first kappa shape index (κ1) is 33.7. The molecule has 4 heterocycles. The van der Waals surface area contributed by atoms with Gasteiger partial charge in [0, 0.05) is 13.1 Å². The Morgan fingerprint density at radius 1 is 0.765 bits per heavy atom. The van der Waals surface area contributed by atoms with E-state index in [1.54, 1.807) is 11.9 Å². The average Bonchev–Trinajstić information content (AvgIpc) is 4.01. The van der Waals surface area contributed by atoms with Crippen LogP contribution in [0.2, 0.25) is 0 Å². The van der Waals surface area contributed by atoms with Crippen molar-refractivity contribution in [2.75, 3.05) is 33.8 Å². The smallest absolute Gasteiger partial charge is 0.407 e. The van der Waals surface area contributed by atoms with Gasteiger partial charge >= 0.3 is 6.09 Å². The number of carbonyl (C=O) groups excluding carboxylic acids is 3. The van der Waals surface area contributed by atoms with Gasteiger partial charge in [-0.3, -0.25) is 9.59 Å². The summed E-state index contributed by atoms with van der Waals surface area (Å²) in [5.41, 5.74) is 6.66. The molecule has 3 amide bonds. The highest BCUT2D eigenvalue weighted by atomic mass is 16.5. The third-order valence-electron chi connectivity index (χ3n) is 9.81. The van der Waals surface area contributed by atoms with Gasteiger partial charge in [-0.2, -0.15) is 0 Å². The Morgan fingerprint density at radius 2 is 1.27 bits per heavy atom. The van der Waals surface area contributed by atoms with Crippen LogP contribution >= 0.6 is 0 Å². The Bertz CT molecular complexity index is 1970. The molecule has 5 aromatic rings. The molecule has 7 rings (SSSR count). The van der Waals surface area contributed by atoms with Crippen LogP contribution in [0.3, 0.4) is 0 Å². The van der Waals surface area contributed by atoms with Crippen molar-refractivity contribution in [2.45, 2.75) is 43.8 Å². The van der Waals surface area contributed by atoms with Crippen LogP contribution in [0.25, 0.3) is 33.6 Å². The maximum absolute atomic E-state index is 13.8. The zero-order valence-corrected chi connectivity index (χ0v) is 28.8. The number of aromatic nitrogens is 4. The summed E-state index contributed by atoms with van der Waals surface area (Å²) >= 11 is 0. The third kappa shape index (κ3) is 7.13. The second-order valence-corrected chi connectivity index (χ2v) is 13.0. The molecule has 3 atom stereocenters. The van der Waals surface area contributed by atoms with Gasteiger partial charge in [0.15, 0.2) is 0 Å². The first-order valence-corrected chi connectivity index (χ1v) is 17.4. The van der Waals surface area contributed by atoms with E-state index in [0.717, 1.165) is 71.7 Å². The van der Waals surface area contributed by atoms with Crippen molar-refractivity contribution in [3.8, 4) is 33.6 Å². The van der Waals surface area contributed by atoms with Crippen LogP contribution in [0.1, 0.15) is 61.0 Å². The van der Waals surface area contributed by atoms with Crippen LogP contribution in [0.15, 0.2) is 91.3 Å². The van der Waals surface area contributed by atoms with E-state index in [1.807, 2.05) is 47.6 Å². The molecule has 12 nitrogen and oxygen atoms in total. The van der Waals surface area contributed by atoms with Crippen LogP contribution in [-0.2, 0) is 14.3 Å². The van der Waals surface area contributed by atoms with E-state index in [-0.39, 0.29) is 23.9 Å². The number of methoxy groups -OCH3 is 1. The van der Waals surface area contributed by atoms with Crippen LogP contribution in [-0.4, -0.2) is 81.4 Å². The minimum absolute atomic E-state index is 0.0229. The zero-order valence-electron chi connectivity index (χ0n) is 28.8. The van der Waals surface area contributed by atoms with Gasteiger partial charge in [0.05, 0.1) is 49.5 Å². The second-order valence-electron chi connectivity index (χ2n) is 13.0. The van der Waals surface area contributed by atoms with Crippen LogP contribution in [0, 0.1) is 0 Å². The lowest BCUT2D eigenvalue weighted by atomic mass is 10.0. The van der Waals surface area contributed by atoms with Crippen LogP contribution in [0.5, 0.6) is 0 Å². The first-order valence-electron chi connectivity index (χ1n) is 17.4. The number of ether oxygens (including phenoxy) is 1. The molecule has 2 aliphatic rings. The minimum Gasteiger partial charge on any atom is -0.453 e. The Balaban J connectivity index is 1.02. The van der Waals surface area contributed by atoms with Gasteiger partial charge in [-0.05, 0) is 60.5 Å². The van der Waals surface area contributed by atoms with Crippen molar-refractivity contribution in [2.24, 2.45) is 0 Å². The number of carbonyl (C=O) groups is 3. The number of likely N-dealkylation sites (N-methyl/N-ethyl adjacent to an activating group) is 1. The van der Waals surface area contributed by atoms with Gasteiger partial charge in [-0.25, -0.2) is 14.8 Å². The molecular weight excluding hydrogens is 644 g/mol. The van der Waals surface area contributed by atoms with E-state index < -0.39 is 12.1 Å². The van der Waals surface area contributed by atoms with Gasteiger partial charge in [0.25, 0.3) is 5.91 Å². The molecule has 0 saturated carbocycles. The number of benzene rings is 3. The van der Waals surface area contributed by atoms with Crippen LogP contribution < -0.4 is 10.6 Å². The summed E-state index contributed by atoms with van der Waals surface area (Å²) in [5, 5.41) is 5.67. The predicted octanol–water partition coefficient (Wildman–Crippen LogP) is 5.78. The Labute approximate surface area is 296 Å². The van der Waals surface area contributed by atoms with Gasteiger partial charge in [0.2, 0.25) is 5.91 Å². The second kappa shape index (κ2) is 15.0. The number of rotatable bonds is 10. The molecule has 2 aliphatic heterocycles. The Kier molecular flexibility index (Phi) is 9.93. The van der Waals surface area contributed by atoms with Crippen molar-refractivity contribution in [3.63, 3.8) is 0 Å². The Morgan fingerprint density at radius 3 is 1.80 bits per heavy atom. The van der Waals surface area contributed by atoms with Crippen LogP contribution in [0.4, 0.5) is 4.79 Å². The quantitative estimate of drug-likeness (QED) is 0.146. The van der Waals surface area contributed by atoms with Crippen molar-refractivity contribution in [3.05, 3.63) is 108 Å². The summed E-state index contributed by atoms with van der Waals surface area (Å²) in [6.45, 7) is 1.65. The summed E-state index contributed by atoms with van der Waals surface area (Å²) in [6.07, 6.45) is 6.46. The first-order chi connectivity index (χ1) is 24.9. The summed E-state index contributed by atoms with van der Waals surface area (Å²) in [7, 11) is 3.07. The molecule has 3 aromatic carbocycles. The van der Waals surface area contributed by atoms with E-state index in [0.29, 0.717) is 24.5 Å². The lowest BCUT2D eigenvalue weighted by Crippen LogP contribution is -2.42. The van der Waals surface area contributed by atoms with E-state index in [2.05, 4.69) is 74.1 Å². The fourth-order valence-corrected chi connectivity index (χ4v) is 7.18.